The molecule has 0 spiro atoms. The summed E-state index contributed by atoms with van der Waals surface area (Å²) in [7, 11) is -4.15. The Morgan fingerprint density at radius 2 is 1.84 bits per heavy atom. The van der Waals surface area contributed by atoms with E-state index in [2.05, 4.69) is 5.32 Å². The zero-order chi connectivity index (χ0) is 31.9. The number of benzene rings is 3. The normalized spacial score (nSPS) is 16.5. The number of ether oxygens (including phenoxy) is 2. The molecule has 4 rings (SSSR count). The number of carbonyl (C=O) groups is 1. The highest BCUT2D eigenvalue weighted by Gasteiger charge is 2.32. The molecular formula is C31H36ClN3O8S. The van der Waals surface area contributed by atoms with E-state index in [1.165, 1.54) is 18.2 Å². The molecule has 11 nitrogen and oxygen atoms in total. The fraction of sp³-hybridized carbons (Fsp3) is 0.387. The molecule has 236 valence electrons. The highest BCUT2D eigenvalue weighted by atomic mass is 35.5. The number of halogens is 1. The van der Waals surface area contributed by atoms with Crippen molar-refractivity contribution in [3.8, 4) is 5.75 Å². The van der Waals surface area contributed by atoms with Crippen molar-refractivity contribution >= 4 is 33.2 Å². The van der Waals surface area contributed by atoms with Gasteiger partial charge in [-0.15, -0.1) is 0 Å². The van der Waals surface area contributed by atoms with Crippen LogP contribution in [0.4, 0.5) is 5.69 Å². The van der Waals surface area contributed by atoms with Gasteiger partial charge in [0.2, 0.25) is 10.0 Å². The van der Waals surface area contributed by atoms with Crippen molar-refractivity contribution in [1.82, 2.24) is 9.62 Å². The number of nitro groups is 1. The van der Waals surface area contributed by atoms with Gasteiger partial charge in [-0.1, -0.05) is 55.8 Å². The maximum Gasteiger partial charge on any atom is 0.269 e. The average Bonchev–Trinajstić information content (AvgIpc) is 3.49. The van der Waals surface area contributed by atoms with Gasteiger partial charge in [0.05, 0.1) is 35.2 Å². The number of hydrogen-bond donors (Lipinski definition) is 2. The van der Waals surface area contributed by atoms with Crippen molar-refractivity contribution in [3.63, 3.8) is 0 Å². The largest absolute Gasteiger partial charge is 0.488 e. The lowest BCUT2D eigenvalue weighted by molar-refractivity contribution is -0.384. The standard InChI is InChI=1S/C31H36ClN3O8S/c1-21(2)18-34(44(40,41)28-10-8-25(9-11-28)35(38)39)19-30(36)29(14-22-6-4-3-5-7-22)33-31(37)23-15-24(32)17-27(16-23)43-26-12-13-42-20-26/h3-11,15-17,21,26,29-30,36H,12-14,18-20H2,1-2H3,(H,33,37)/t26-,29+,30-/m1/s1. The lowest BCUT2D eigenvalue weighted by Crippen LogP contribution is -2.51. The molecule has 44 heavy (non-hydrogen) atoms. The second-order valence-corrected chi connectivity index (χ2v) is 13.5. The van der Waals surface area contributed by atoms with E-state index in [4.69, 9.17) is 21.1 Å². The zero-order valence-corrected chi connectivity index (χ0v) is 26.0. The van der Waals surface area contributed by atoms with E-state index in [0.29, 0.717) is 24.0 Å². The second kappa shape index (κ2) is 15.0. The van der Waals surface area contributed by atoms with Crippen LogP contribution in [0.3, 0.4) is 0 Å². The zero-order valence-electron chi connectivity index (χ0n) is 24.5. The Kier molecular flexibility index (Phi) is 11.3. The molecule has 3 aromatic carbocycles. The predicted molar refractivity (Wildman–Crippen MR) is 165 cm³/mol. The van der Waals surface area contributed by atoms with Crippen LogP contribution in [0.25, 0.3) is 0 Å². The van der Waals surface area contributed by atoms with Crippen LogP contribution in [0, 0.1) is 16.0 Å². The molecule has 1 aliphatic rings. The summed E-state index contributed by atoms with van der Waals surface area (Å²) in [6.45, 7) is 4.44. The van der Waals surface area contributed by atoms with Gasteiger partial charge in [-0.3, -0.25) is 14.9 Å². The van der Waals surface area contributed by atoms with Crippen LogP contribution in [0.5, 0.6) is 5.75 Å². The molecule has 2 N–H and O–H groups in total. The van der Waals surface area contributed by atoms with E-state index in [-0.39, 0.29) is 47.7 Å². The van der Waals surface area contributed by atoms with Crippen molar-refractivity contribution in [3.05, 3.63) is 99.1 Å². The van der Waals surface area contributed by atoms with Crippen molar-refractivity contribution in [2.45, 2.75) is 49.8 Å². The second-order valence-electron chi connectivity index (χ2n) is 11.1. The molecule has 1 fully saturated rings. The van der Waals surface area contributed by atoms with Crippen molar-refractivity contribution in [2.24, 2.45) is 5.92 Å². The molecule has 0 aliphatic carbocycles. The molecule has 0 aromatic heterocycles. The highest BCUT2D eigenvalue weighted by molar-refractivity contribution is 7.89. The van der Waals surface area contributed by atoms with Gasteiger partial charge in [0, 0.05) is 42.2 Å². The molecule has 0 saturated carbocycles. The molecular weight excluding hydrogens is 610 g/mol. The van der Waals surface area contributed by atoms with Crippen LogP contribution < -0.4 is 10.1 Å². The van der Waals surface area contributed by atoms with Crippen LogP contribution in [0.1, 0.15) is 36.2 Å². The third-order valence-corrected chi connectivity index (χ3v) is 9.11. The average molecular weight is 646 g/mol. The van der Waals surface area contributed by atoms with Crippen molar-refractivity contribution in [2.75, 3.05) is 26.3 Å². The first-order valence-corrected chi connectivity index (χ1v) is 16.1. The third kappa shape index (κ3) is 8.99. The molecule has 1 saturated heterocycles. The van der Waals surface area contributed by atoms with Crippen LogP contribution in [0.2, 0.25) is 5.02 Å². The molecule has 1 aliphatic heterocycles. The van der Waals surface area contributed by atoms with Gasteiger partial charge >= 0.3 is 0 Å². The van der Waals surface area contributed by atoms with Gasteiger partial charge in [0.15, 0.2) is 0 Å². The summed E-state index contributed by atoms with van der Waals surface area (Å²) in [5.74, 6) is -0.211. The number of carbonyl (C=O) groups excluding carboxylic acids is 1. The molecule has 1 amide bonds. The van der Waals surface area contributed by atoms with Crippen molar-refractivity contribution in [1.29, 1.82) is 0 Å². The van der Waals surface area contributed by atoms with Crippen LogP contribution >= 0.6 is 11.6 Å². The number of nitrogens with one attached hydrogen (secondary N) is 1. The number of nitro benzene ring substituents is 1. The van der Waals surface area contributed by atoms with Gasteiger partial charge in [-0.05, 0) is 48.2 Å². The smallest absolute Gasteiger partial charge is 0.269 e. The quantitative estimate of drug-likeness (QED) is 0.193. The Morgan fingerprint density at radius 3 is 2.45 bits per heavy atom. The highest BCUT2D eigenvalue weighted by Crippen LogP contribution is 2.25. The number of amides is 1. The lowest BCUT2D eigenvalue weighted by Gasteiger charge is -2.31. The van der Waals surface area contributed by atoms with E-state index < -0.39 is 33.0 Å². The number of rotatable bonds is 14. The summed E-state index contributed by atoms with van der Waals surface area (Å²) in [4.78, 5) is 23.8. The summed E-state index contributed by atoms with van der Waals surface area (Å²) < 4.78 is 39.7. The molecule has 0 radical (unpaired) electrons. The van der Waals surface area contributed by atoms with E-state index >= 15 is 0 Å². The van der Waals surface area contributed by atoms with Gasteiger partial charge in [0.1, 0.15) is 11.9 Å². The number of hydrogen-bond acceptors (Lipinski definition) is 8. The van der Waals surface area contributed by atoms with Crippen LogP contribution in [0.15, 0.2) is 77.7 Å². The van der Waals surface area contributed by atoms with Gasteiger partial charge in [-0.25, -0.2) is 8.42 Å². The maximum absolute atomic E-state index is 13.6. The minimum atomic E-state index is -4.15. The van der Waals surface area contributed by atoms with E-state index in [9.17, 15) is 28.4 Å². The van der Waals surface area contributed by atoms with Crippen LogP contribution in [-0.2, 0) is 21.2 Å². The predicted octanol–water partition coefficient (Wildman–Crippen LogP) is 4.46. The van der Waals surface area contributed by atoms with E-state index in [1.54, 1.807) is 12.1 Å². The minimum absolute atomic E-state index is 0.0717. The Morgan fingerprint density at radius 1 is 1.14 bits per heavy atom. The van der Waals surface area contributed by atoms with Crippen LogP contribution in [-0.4, -0.2) is 73.2 Å². The Hall–Kier alpha value is -3.55. The number of sulfonamides is 1. The molecule has 0 unspecified atom stereocenters. The summed E-state index contributed by atoms with van der Waals surface area (Å²) in [5.41, 5.74) is 0.798. The van der Waals surface area contributed by atoms with E-state index in [1.807, 2.05) is 44.2 Å². The van der Waals surface area contributed by atoms with Gasteiger partial charge in [0.25, 0.3) is 11.6 Å². The SMILES string of the molecule is CC(C)CN(C[C@@H](O)[C@H](Cc1ccccc1)NC(=O)c1cc(Cl)cc(O[C@@H]2CCOC2)c1)S(=O)(=O)c1ccc([N+](=O)[O-])cc1. The fourth-order valence-corrected chi connectivity index (χ4v) is 6.71. The summed E-state index contributed by atoms with van der Waals surface area (Å²) >= 11 is 6.31. The Balaban J connectivity index is 1.58. The minimum Gasteiger partial charge on any atom is -0.488 e. The van der Waals surface area contributed by atoms with Crippen molar-refractivity contribution < 1.29 is 32.7 Å². The number of aliphatic hydroxyl groups excluding tert-OH is 1. The molecule has 3 aromatic rings. The monoisotopic (exact) mass is 645 g/mol. The summed E-state index contributed by atoms with van der Waals surface area (Å²) in [6, 6.07) is 17.6. The number of non-ortho nitro benzene ring substituents is 1. The molecule has 3 atom stereocenters. The fourth-order valence-electron chi connectivity index (χ4n) is 4.87. The Bertz CT molecular complexity index is 1530. The van der Waals surface area contributed by atoms with Gasteiger partial charge in [-0.2, -0.15) is 4.31 Å². The van der Waals surface area contributed by atoms with E-state index in [0.717, 1.165) is 28.4 Å². The number of aliphatic hydroxyl groups is 1. The summed E-state index contributed by atoms with van der Waals surface area (Å²) in [5, 5.41) is 25.7. The first-order chi connectivity index (χ1) is 20.9. The first kappa shape index (κ1) is 33.3. The Labute approximate surface area is 261 Å². The maximum atomic E-state index is 13.6. The summed E-state index contributed by atoms with van der Waals surface area (Å²) in [6.07, 6.45) is -0.544. The number of nitrogens with zero attached hydrogens (tertiary/aromatic N) is 2. The first-order valence-electron chi connectivity index (χ1n) is 14.2. The topological polar surface area (TPSA) is 148 Å². The third-order valence-electron chi connectivity index (χ3n) is 7.05. The molecule has 13 heteroatoms. The molecule has 1 heterocycles. The lowest BCUT2D eigenvalue weighted by atomic mass is 10.00. The van der Waals surface area contributed by atoms with Gasteiger partial charge < -0.3 is 19.9 Å². The molecule has 0 bridgehead atoms.